The summed E-state index contributed by atoms with van der Waals surface area (Å²) in [5.74, 6) is -1.12. The third kappa shape index (κ3) is 5.14. The number of aromatic nitrogens is 2. The average Bonchev–Trinajstić information content (AvgIpc) is 2.64. The van der Waals surface area contributed by atoms with Crippen LogP contribution in [0.3, 0.4) is 0 Å². The van der Waals surface area contributed by atoms with E-state index < -0.39 is 12.0 Å². The van der Waals surface area contributed by atoms with Gasteiger partial charge in [-0.15, -0.1) is 0 Å². The van der Waals surface area contributed by atoms with Crippen molar-refractivity contribution in [1.29, 1.82) is 0 Å². The van der Waals surface area contributed by atoms with Crippen molar-refractivity contribution in [2.75, 3.05) is 25.1 Å². The van der Waals surface area contributed by atoms with Gasteiger partial charge in [0.2, 0.25) is 11.0 Å². The molecule has 0 aliphatic carbocycles. The second-order valence-corrected chi connectivity index (χ2v) is 4.11. The molecule has 96 valence electrons. The van der Waals surface area contributed by atoms with Crippen molar-refractivity contribution in [3.8, 4) is 0 Å². The second-order valence-electron chi connectivity index (χ2n) is 3.36. The monoisotopic (exact) mass is 267 g/mol. The third-order valence-corrected chi connectivity index (χ3v) is 2.22. The van der Waals surface area contributed by atoms with Crippen LogP contribution in [0.4, 0.5) is 18.3 Å². The normalized spacial score (nSPS) is 11.5. The lowest BCUT2D eigenvalue weighted by molar-refractivity contribution is -0.144. The Hall–Kier alpha value is -1.15. The third-order valence-electron chi connectivity index (χ3n) is 1.55. The molecule has 17 heavy (non-hydrogen) atoms. The first-order valence-electron chi connectivity index (χ1n) is 4.76. The number of halogens is 3. The fourth-order valence-corrected chi connectivity index (χ4v) is 1.50. The topological polar surface area (TPSA) is 47.0 Å². The number of hydrogen-bond acceptors (Lipinski definition) is 5. The molecule has 4 nitrogen and oxygen atoms in total. The number of ether oxygens (including phenoxy) is 1. The van der Waals surface area contributed by atoms with Gasteiger partial charge in [0.15, 0.2) is 0 Å². The zero-order valence-corrected chi connectivity index (χ0v) is 9.99. The molecule has 1 aromatic rings. The molecule has 0 unspecified atom stereocenters. The summed E-state index contributed by atoms with van der Waals surface area (Å²) in [6, 6.07) is 0. The van der Waals surface area contributed by atoms with Crippen molar-refractivity contribution in [2.45, 2.75) is 13.1 Å². The minimum Gasteiger partial charge on any atom is -0.375 e. The van der Waals surface area contributed by atoms with Gasteiger partial charge in [-0.2, -0.15) is 22.5 Å². The molecule has 0 fully saturated rings. The molecule has 0 bridgehead atoms. The van der Waals surface area contributed by atoms with E-state index in [0.29, 0.717) is 31.3 Å². The Bertz CT molecular complexity index is 378. The van der Waals surface area contributed by atoms with Crippen molar-refractivity contribution < 1.29 is 17.9 Å². The van der Waals surface area contributed by atoms with E-state index in [-0.39, 0.29) is 5.13 Å². The minimum absolute atomic E-state index is 0.135. The van der Waals surface area contributed by atoms with Gasteiger partial charge in [0.25, 0.3) is 0 Å². The van der Waals surface area contributed by atoms with Crippen LogP contribution < -0.4 is 5.32 Å². The molecule has 1 heterocycles. The summed E-state index contributed by atoms with van der Waals surface area (Å²) < 4.78 is 44.8. The molecule has 0 saturated carbocycles. The second kappa shape index (κ2) is 5.97. The van der Waals surface area contributed by atoms with Gasteiger partial charge in [-0.1, -0.05) is 12.2 Å². The number of rotatable bonds is 6. The first-order chi connectivity index (χ1) is 7.89. The molecule has 0 radical (unpaired) electrons. The Labute approximate surface area is 101 Å². The highest BCUT2D eigenvalue weighted by Gasteiger charge is 2.35. The zero-order chi connectivity index (χ0) is 12.9. The molecular weight excluding hydrogens is 255 g/mol. The first kappa shape index (κ1) is 13.9. The number of anilines is 1. The average molecular weight is 267 g/mol. The van der Waals surface area contributed by atoms with E-state index in [1.165, 1.54) is 0 Å². The SMILES string of the molecule is C=C(C)COCCNc1nc(C(F)(F)F)ns1. The predicted octanol–water partition coefficient (Wildman–Crippen LogP) is 2.56. The van der Waals surface area contributed by atoms with Crippen molar-refractivity contribution in [3.63, 3.8) is 0 Å². The van der Waals surface area contributed by atoms with Crippen LogP contribution in [0.1, 0.15) is 12.7 Å². The highest BCUT2D eigenvalue weighted by Crippen LogP contribution is 2.28. The molecule has 1 N–H and O–H groups in total. The van der Waals surface area contributed by atoms with E-state index in [1.807, 2.05) is 6.92 Å². The molecule has 0 atom stereocenters. The van der Waals surface area contributed by atoms with Gasteiger partial charge in [0.05, 0.1) is 13.2 Å². The molecule has 1 aromatic heterocycles. The molecule has 0 aliphatic heterocycles. The molecule has 0 aliphatic rings. The lowest BCUT2D eigenvalue weighted by Gasteiger charge is -2.04. The molecule has 0 aromatic carbocycles. The first-order valence-corrected chi connectivity index (χ1v) is 5.54. The largest absolute Gasteiger partial charge is 0.452 e. The minimum atomic E-state index is -4.49. The van der Waals surface area contributed by atoms with Crippen LogP contribution in [0.5, 0.6) is 0 Å². The van der Waals surface area contributed by atoms with Gasteiger partial charge < -0.3 is 10.1 Å². The van der Waals surface area contributed by atoms with Crippen LogP contribution in [0.15, 0.2) is 12.2 Å². The molecular formula is C9H12F3N3OS. The Balaban J connectivity index is 2.28. The fourth-order valence-electron chi connectivity index (χ4n) is 0.887. The number of nitrogens with zero attached hydrogens (tertiary/aromatic N) is 2. The van der Waals surface area contributed by atoms with E-state index >= 15 is 0 Å². The van der Waals surface area contributed by atoms with Crippen molar-refractivity contribution in [1.82, 2.24) is 9.36 Å². The smallest absolute Gasteiger partial charge is 0.375 e. The fraction of sp³-hybridized carbons (Fsp3) is 0.556. The van der Waals surface area contributed by atoms with Crippen LogP contribution in [0, 0.1) is 0 Å². The highest BCUT2D eigenvalue weighted by molar-refractivity contribution is 7.09. The Morgan fingerprint density at radius 1 is 1.53 bits per heavy atom. The van der Waals surface area contributed by atoms with Crippen LogP contribution in [0.2, 0.25) is 0 Å². The van der Waals surface area contributed by atoms with E-state index in [0.717, 1.165) is 5.57 Å². The van der Waals surface area contributed by atoms with Gasteiger partial charge in [0, 0.05) is 18.1 Å². The number of nitrogens with one attached hydrogen (secondary N) is 1. The summed E-state index contributed by atoms with van der Waals surface area (Å²) in [6.45, 7) is 6.66. The Kier molecular flexibility index (Phi) is 4.88. The Morgan fingerprint density at radius 2 is 2.24 bits per heavy atom. The van der Waals surface area contributed by atoms with Crippen LogP contribution in [0.25, 0.3) is 0 Å². The highest BCUT2D eigenvalue weighted by atomic mass is 32.1. The molecule has 0 saturated heterocycles. The van der Waals surface area contributed by atoms with Crippen molar-refractivity contribution in [3.05, 3.63) is 18.0 Å². The van der Waals surface area contributed by atoms with E-state index in [4.69, 9.17) is 4.74 Å². The van der Waals surface area contributed by atoms with Gasteiger partial charge in [-0.05, 0) is 6.92 Å². The van der Waals surface area contributed by atoms with Crippen LogP contribution >= 0.6 is 11.5 Å². The number of hydrogen-bond donors (Lipinski definition) is 1. The summed E-state index contributed by atoms with van der Waals surface area (Å²) in [7, 11) is 0. The molecule has 0 spiro atoms. The zero-order valence-electron chi connectivity index (χ0n) is 9.17. The maximum Gasteiger partial charge on any atom is 0.452 e. The van der Waals surface area contributed by atoms with E-state index in [1.54, 1.807) is 0 Å². The maximum atomic E-state index is 12.2. The quantitative estimate of drug-likeness (QED) is 0.635. The summed E-state index contributed by atoms with van der Waals surface area (Å²) in [5, 5.41) is 2.84. The summed E-state index contributed by atoms with van der Waals surface area (Å²) in [4.78, 5) is 3.31. The van der Waals surface area contributed by atoms with Gasteiger partial charge in [-0.3, -0.25) is 0 Å². The summed E-state index contributed by atoms with van der Waals surface area (Å²) >= 11 is 0.675. The van der Waals surface area contributed by atoms with Crippen LogP contribution in [-0.2, 0) is 10.9 Å². The van der Waals surface area contributed by atoms with E-state index in [9.17, 15) is 13.2 Å². The molecule has 1 rings (SSSR count). The molecule has 0 amide bonds. The van der Waals surface area contributed by atoms with Crippen molar-refractivity contribution >= 4 is 16.7 Å². The standard InChI is InChI=1S/C9H12F3N3OS/c1-6(2)5-16-4-3-13-8-14-7(15-17-8)9(10,11)12/h1,3-5H2,2H3,(H,13,14,15). The van der Waals surface area contributed by atoms with Crippen LogP contribution in [-0.4, -0.2) is 29.1 Å². The summed E-state index contributed by atoms with van der Waals surface area (Å²) in [6.07, 6.45) is -4.49. The van der Waals surface area contributed by atoms with E-state index in [2.05, 4.69) is 21.3 Å². The maximum absolute atomic E-state index is 12.2. The van der Waals surface area contributed by atoms with Crippen molar-refractivity contribution in [2.24, 2.45) is 0 Å². The predicted molar refractivity (Wildman–Crippen MR) is 59.0 cm³/mol. The summed E-state index contributed by atoms with van der Waals surface area (Å²) in [5.41, 5.74) is 0.889. The lowest BCUT2D eigenvalue weighted by Crippen LogP contribution is -2.11. The van der Waals surface area contributed by atoms with Gasteiger partial charge in [0.1, 0.15) is 0 Å². The van der Waals surface area contributed by atoms with Gasteiger partial charge >= 0.3 is 6.18 Å². The number of alkyl halides is 3. The molecule has 8 heteroatoms. The van der Waals surface area contributed by atoms with Gasteiger partial charge in [-0.25, -0.2) is 0 Å². The Morgan fingerprint density at radius 3 is 2.76 bits per heavy atom. The lowest BCUT2D eigenvalue weighted by atomic mass is 10.4.